The Morgan fingerprint density at radius 3 is 2.37 bits per heavy atom. The highest BCUT2D eigenvalue weighted by atomic mass is 16.2. The maximum atomic E-state index is 12.8. The van der Waals surface area contributed by atoms with Crippen LogP contribution in [0.15, 0.2) is 54.9 Å². The Kier molecular flexibility index (Phi) is 4.19. The van der Waals surface area contributed by atoms with Crippen molar-refractivity contribution in [2.45, 2.75) is 13.5 Å². The molecule has 0 bridgehead atoms. The standard InChI is InChI=1S/C20H18N4O3/c1-2-22(12-14-11-21-17-9-5-6-10-23(14)17)18(25)13-24-19(26)15-7-3-4-8-16(15)20(24)27/h3-11H,2,12-13H2,1H3. The number of amides is 3. The fourth-order valence-electron chi connectivity index (χ4n) is 3.29. The van der Waals surface area contributed by atoms with Crippen LogP contribution in [0.25, 0.3) is 5.65 Å². The van der Waals surface area contributed by atoms with Gasteiger partial charge in [0.15, 0.2) is 0 Å². The number of carbonyl (C=O) groups excluding carboxylic acids is 3. The minimum atomic E-state index is -0.421. The SMILES string of the molecule is CCN(Cc1cnc2ccccn12)C(=O)CN1C(=O)c2ccccc2C1=O. The Balaban J connectivity index is 1.52. The smallest absolute Gasteiger partial charge is 0.262 e. The average Bonchev–Trinajstić information content (AvgIpc) is 3.21. The van der Waals surface area contributed by atoms with Crippen molar-refractivity contribution in [3.8, 4) is 0 Å². The van der Waals surface area contributed by atoms with E-state index in [2.05, 4.69) is 4.98 Å². The largest absolute Gasteiger partial charge is 0.336 e. The minimum absolute atomic E-state index is 0.267. The highest BCUT2D eigenvalue weighted by Gasteiger charge is 2.36. The second-order valence-electron chi connectivity index (χ2n) is 6.33. The summed E-state index contributed by atoms with van der Waals surface area (Å²) in [5.74, 6) is -1.12. The summed E-state index contributed by atoms with van der Waals surface area (Å²) in [5.41, 5.74) is 2.36. The molecule has 1 aliphatic heterocycles. The molecule has 2 aromatic heterocycles. The summed E-state index contributed by atoms with van der Waals surface area (Å²) in [6.07, 6.45) is 3.62. The van der Waals surface area contributed by atoms with Crippen LogP contribution in [0.5, 0.6) is 0 Å². The second kappa shape index (κ2) is 6.68. The number of likely N-dealkylation sites (N-methyl/N-ethyl adjacent to an activating group) is 1. The number of fused-ring (bicyclic) bond motifs is 2. The molecule has 0 N–H and O–H groups in total. The Morgan fingerprint density at radius 2 is 1.70 bits per heavy atom. The fraction of sp³-hybridized carbons (Fsp3) is 0.200. The van der Waals surface area contributed by atoms with Crippen molar-refractivity contribution in [1.29, 1.82) is 0 Å². The highest BCUT2D eigenvalue weighted by Crippen LogP contribution is 2.22. The molecule has 0 aliphatic carbocycles. The lowest BCUT2D eigenvalue weighted by molar-refractivity contribution is -0.131. The number of imidazole rings is 1. The van der Waals surface area contributed by atoms with E-state index >= 15 is 0 Å². The zero-order valence-electron chi connectivity index (χ0n) is 14.8. The summed E-state index contributed by atoms with van der Waals surface area (Å²) in [6, 6.07) is 12.3. The Labute approximate surface area is 155 Å². The van der Waals surface area contributed by atoms with Crippen LogP contribution in [0.3, 0.4) is 0 Å². The van der Waals surface area contributed by atoms with Gasteiger partial charge in [-0.2, -0.15) is 0 Å². The predicted octanol–water partition coefficient (Wildman–Crippen LogP) is 1.98. The quantitative estimate of drug-likeness (QED) is 0.651. The van der Waals surface area contributed by atoms with Crippen molar-refractivity contribution in [3.63, 3.8) is 0 Å². The van der Waals surface area contributed by atoms with Gasteiger partial charge in [-0.15, -0.1) is 0 Å². The van der Waals surface area contributed by atoms with Gasteiger partial charge in [-0.1, -0.05) is 18.2 Å². The van der Waals surface area contributed by atoms with E-state index in [1.807, 2.05) is 35.7 Å². The maximum absolute atomic E-state index is 12.8. The summed E-state index contributed by atoms with van der Waals surface area (Å²) in [7, 11) is 0. The van der Waals surface area contributed by atoms with Gasteiger partial charge in [-0.3, -0.25) is 19.3 Å². The van der Waals surface area contributed by atoms with Crippen LogP contribution in [-0.2, 0) is 11.3 Å². The molecule has 7 nitrogen and oxygen atoms in total. The van der Waals surface area contributed by atoms with Crippen LogP contribution >= 0.6 is 0 Å². The first-order chi connectivity index (χ1) is 13.1. The number of aromatic nitrogens is 2. The van der Waals surface area contributed by atoms with E-state index in [1.165, 1.54) is 0 Å². The normalized spacial score (nSPS) is 13.3. The zero-order chi connectivity index (χ0) is 19.0. The molecule has 0 saturated heterocycles. The van der Waals surface area contributed by atoms with E-state index in [0.29, 0.717) is 24.2 Å². The second-order valence-corrected chi connectivity index (χ2v) is 6.33. The van der Waals surface area contributed by atoms with Crippen molar-refractivity contribution in [2.24, 2.45) is 0 Å². The minimum Gasteiger partial charge on any atom is -0.336 e. The molecular weight excluding hydrogens is 344 g/mol. The van der Waals surface area contributed by atoms with Gasteiger partial charge in [0.1, 0.15) is 12.2 Å². The third kappa shape index (κ3) is 2.87. The van der Waals surface area contributed by atoms with E-state index in [4.69, 9.17) is 0 Å². The predicted molar refractivity (Wildman–Crippen MR) is 98.1 cm³/mol. The average molecular weight is 362 g/mol. The van der Waals surface area contributed by atoms with E-state index < -0.39 is 11.8 Å². The monoisotopic (exact) mass is 362 g/mol. The molecule has 3 heterocycles. The molecule has 1 aliphatic rings. The molecule has 1 aromatic carbocycles. The molecule has 0 spiro atoms. The molecule has 0 fully saturated rings. The third-order valence-electron chi connectivity index (χ3n) is 4.75. The van der Waals surface area contributed by atoms with Gasteiger partial charge in [0.05, 0.1) is 29.6 Å². The highest BCUT2D eigenvalue weighted by molar-refractivity contribution is 6.22. The molecule has 27 heavy (non-hydrogen) atoms. The molecule has 7 heteroatoms. The van der Waals surface area contributed by atoms with Gasteiger partial charge in [-0.25, -0.2) is 4.98 Å². The van der Waals surface area contributed by atoms with E-state index in [0.717, 1.165) is 16.2 Å². The Morgan fingerprint density at radius 1 is 1.04 bits per heavy atom. The fourth-order valence-corrected chi connectivity index (χ4v) is 3.29. The van der Waals surface area contributed by atoms with Crippen molar-refractivity contribution >= 4 is 23.4 Å². The topological polar surface area (TPSA) is 75.0 Å². The number of imide groups is 1. The van der Waals surface area contributed by atoms with Crippen molar-refractivity contribution in [1.82, 2.24) is 19.2 Å². The Hall–Kier alpha value is -3.48. The molecule has 0 unspecified atom stereocenters. The van der Waals surface area contributed by atoms with Gasteiger partial charge in [-0.05, 0) is 31.2 Å². The first-order valence-electron chi connectivity index (χ1n) is 8.74. The van der Waals surface area contributed by atoms with E-state index in [1.54, 1.807) is 35.4 Å². The van der Waals surface area contributed by atoms with Gasteiger partial charge >= 0.3 is 0 Å². The first kappa shape index (κ1) is 17.0. The number of hydrogen-bond donors (Lipinski definition) is 0. The lowest BCUT2D eigenvalue weighted by atomic mass is 10.1. The molecule has 3 amide bonds. The number of pyridine rings is 1. The van der Waals surface area contributed by atoms with Crippen LogP contribution in [0.4, 0.5) is 0 Å². The number of rotatable bonds is 5. The van der Waals surface area contributed by atoms with Gasteiger partial charge < -0.3 is 9.30 Å². The van der Waals surface area contributed by atoms with Gasteiger partial charge in [0.25, 0.3) is 11.8 Å². The molecule has 0 atom stereocenters. The number of nitrogens with zero attached hydrogens (tertiary/aromatic N) is 4. The number of carbonyl (C=O) groups is 3. The summed E-state index contributed by atoms with van der Waals surface area (Å²) >= 11 is 0. The summed E-state index contributed by atoms with van der Waals surface area (Å²) < 4.78 is 1.91. The van der Waals surface area contributed by atoms with E-state index in [-0.39, 0.29) is 12.5 Å². The first-order valence-corrected chi connectivity index (χ1v) is 8.74. The molecule has 0 radical (unpaired) electrons. The molecule has 4 rings (SSSR count). The van der Waals surface area contributed by atoms with E-state index in [9.17, 15) is 14.4 Å². The lowest BCUT2D eigenvalue weighted by Crippen LogP contribution is -2.42. The van der Waals surface area contributed by atoms with Crippen LogP contribution in [-0.4, -0.2) is 50.0 Å². The summed E-state index contributed by atoms with van der Waals surface area (Å²) in [5, 5.41) is 0. The van der Waals surface area contributed by atoms with Gasteiger partial charge in [0, 0.05) is 12.7 Å². The Bertz CT molecular complexity index is 1020. The van der Waals surface area contributed by atoms with Gasteiger partial charge in [0.2, 0.25) is 5.91 Å². The third-order valence-corrected chi connectivity index (χ3v) is 4.75. The van der Waals surface area contributed by atoms with Crippen LogP contribution in [0.2, 0.25) is 0 Å². The summed E-state index contributed by atoms with van der Waals surface area (Å²) in [4.78, 5) is 44.7. The van der Waals surface area contributed by atoms with Crippen LogP contribution < -0.4 is 0 Å². The maximum Gasteiger partial charge on any atom is 0.262 e. The molecular formula is C20H18N4O3. The molecule has 0 saturated carbocycles. The van der Waals surface area contributed by atoms with Crippen LogP contribution in [0.1, 0.15) is 33.3 Å². The lowest BCUT2D eigenvalue weighted by Gasteiger charge is -2.23. The zero-order valence-corrected chi connectivity index (χ0v) is 14.8. The van der Waals surface area contributed by atoms with Crippen molar-refractivity contribution < 1.29 is 14.4 Å². The molecule has 136 valence electrons. The number of benzene rings is 1. The number of hydrogen-bond acceptors (Lipinski definition) is 4. The molecule has 3 aromatic rings. The van der Waals surface area contributed by atoms with Crippen LogP contribution in [0, 0.1) is 0 Å². The van der Waals surface area contributed by atoms with Crippen molar-refractivity contribution in [3.05, 3.63) is 71.7 Å². The van der Waals surface area contributed by atoms with Crippen molar-refractivity contribution in [2.75, 3.05) is 13.1 Å². The summed E-state index contributed by atoms with van der Waals surface area (Å²) in [6.45, 7) is 2.41.